The van der Waals surface area contributed by atoms with Gasteiger partial charge in [-0.3, -0.25) is 0 Å². The number of hydrogen-bond acceptors (Lipinski definition) is 4. The van der Waals surface area contributed by atoms with Crippen molar-refractivity contribution in [2.24, 2.45) is 5.73 Å². The Morgan fingerprint density at radius 1 is 1.33 bits per heavy atom. The van der Waals surface area contributed by atoms with Gasteiger partial charge in [0.05, 0.1) is 4.90 Å². The van der Waals surface area contributed by atoms with E-state index in [1.807, 2.05) is 13.8 Å². The Labute approximate surface area is 129 Å². The van der Waals surface area contributed by atoms with E-state index in [1.165, 1.54) is 23.4 Å². The standard InChI is InChI=1S/C14H21FN2O2S2/c1-9-7-17(8-10(2)20-9)21(18,19)14-5-12(6-16)4-13(15)11(14)3/h4-5,9-10H,6-8,16H2,1-3H3. The van der Waals surface area contributed by atoms with Crippen molar-refractivity contribution in [1.82, 2.24) is 4.31 Å². The topological polar surface area (TPSA) is 63.4 Å². The fourth-order valence-corrected chi connectivity index (χ4v) is 5.98. The maximum atomic E-state index is 13.9. The third kappa shape index (κ3) is 3.41. The minimum Gasteiger partial charge on any atom is -0.326 e. The SMILES string of the molecule is Cc1c(F)cc(CN)cc1S(=O)(=O)N1CC(C)SC(C)C1. The summed E-state index contributed by atoms with van der Waals surface area (Å²) >= 11 is 1.77. The highest BCUT2D eigenvalue weighted by atomic mass is 32.2. The molecule has 2 unspecified atom stereocenters. The molecule has 118 valence electrons. The van der Waals surface area contributed by atoms with Crippen LogP contribution in [0.3, 0.4) is 0 Å². The number of hydrogen-bond donors (Lipinski definition) is 1. The number of benzene rings is 1. The molecule has 1 heterocycles. The summed E-state index contributed by atoms with van der Waals surface area (Å²) in [7, 11) is -3.69. The summed E-state index contributed by atoms with van der Waals surface area (Å²) in [6.07, 6.45) is 0. The number of thioether (sulfide) groups is 1. The molecular weight excluding hydrogens is 311 g/mol. The molecule has 2 atom stereocenters. The Kier molecular flexibility index (Phi) is 4.97. The first-order valence-electron chi connectivity index (χ1n) is 6.90. The van der Waals surface area contributed by atoms with Gasteiger partial charge in [0.2, 0.25) is 10.0 Å². The van der Waals surface area contributed by atoms with Gasteiger partial charge in [-0.25, -0.2) is 12.8 Å². The van der Waals surface area contributed by atoms with E-state index < -0.39 is 15.8 Å². The summed E-state index contributed by atoms with van der Waals surface area (Å²) in [4.78, 5) is 0.0363. The van der Waals surface area contributed by atoms with Crippen LogP contribution in [-0.2, 0) is 16.6 Å². The van der Waals surface area contributed by atoms with Crippen molar-refractivity contribution in [2.45, 2.75) is 42.7 Å². The summed E-state index contributed by atoms with van der Waals surface area (Å²) in [6.45, 7) is 6.52. The minimum absolute atomic E-state index is 0.0363. The lowest BCUT2D eigenvalue weighted by atomic mass is 10.1. The summed E-state index contributed by atoms with van der Waals surface area (Å²) in [5.74, 6) is -0.524. The highest BCUT2D eigenvalue weighted by Gasteiger charge is 2.33. The van der Waals surface area contributed by atoms with Crippen LogP contribution in [0.5, 0.6) is 0 Å². The monoisotopic (exact) mass is 332 g/mol. The van der Waals surface area contributed by atoms with Crippen molar-refractivity contribution in [3.05, 3.63) is 29.1 Å². The van der Waals surface area contributed by atoms with Crippen molar-refractivity contribution in [1.29, 1.82) is 0 Å². The number of rotatable bonds is 3. The van der Waals surface area contributed by atoms with E-state index in [2.05, 4.69) is 0 Å². The second kappa shape index (κ2) is 6.24. The summed E-state index contributed by atoms with van der Waals surface area (Å²) in [5.41, 5.74) is 6.17. The molecule has 2 rings (SSSR count). The summed E-state index contributed by atoms with van der Waals surface area (Å²) < 4.78 is 41.1. The average molecular weight is 332 g/mol. The summed E-state index contributed by atoms with van der Waals surface area (Å²) in [6, 6.07) is 2.79. The molecule has 21 heavy (non-hydrogen) atoms. The maximum absolute atomic E-state index is 13.9. The van der Waals surface area contributed by atoms with Gasteiger partial charge in [0, 0.05) is 35.7 Å². The van der Waals surface area contributed by atoms with Crippen molar-refractivity contribution >= 4 is 21.8 Å². The van der Waals surface area contributed by atoms with Crippen LogP contribution in [0.25, 0.3) is 0 Å². The molecule has 0 aromatic heterocycles. The van der Waals surface area contributed by atoms with Crippen LogP contribution in [0.4, 0.5) is 4.39 Å². The van der Waals surface area contributed by atoms with E-state index in [-0.39, 0.29) is 27.5 Å². The molecule has 7 heteroatoms. The molecule has 0 bridgehead atoms. The van der Waals surface area contributed by atoms with E-state index in [0.717, 1.165) is 0 Å². The lowest BCUT2D eigenvalue weighted by Crippen LogP contribution is -2.44. The molecule has 0 amide bonds. The molecule has 1 aromatic rings. The van der Waals surface area contributed by atoms with Gasteiger partial charge in [0.1, 0.15) is 5.82 Å². The molecule has 2 N–H and O–H groups in total. The van der Waals surface area contributed by atoms with E-state index in [4.69, 9.17) is 5.73 Å². The lowest BCUT2D eigenvalue weighted by molar-refractivity contribution is 0.404. The van der Waals surface area contributed by atoms with E-state index in [9.17, 15) is 12.8 Å². The van der Waals surface area contributed by atoms with Crippen LogP contribution < -0.4 is 5.73 Å². The third-order valence-corrected chi connectivity index (χ3v) is 6.78. The predicted molar refractivity (Wildman–Crippen MR) is 84.3 cm³/mol. The summed E-state index contributed by atoms with van der Waals surface area (Å²) in [5, 5.41) is 0.456. The Morgan fingerprint density at radius 3 is 2.43 bits per heavy atom. The smallest absolute Gasteiger partial charge is 0.243 e. The largest absolute Gasteiger partial charge is 0.326 e. The maximum Gasteiger partial charge on any atom is 0.243 e. The van der Waals surface area contributed by atoms with Crippen LogP contribution in [0, 0.1) is 12.7 Å². The highest BCUT2D eigenvalue weighted by molar-refractivity contribution is 8.00. The normalized spacial score (nSPS) is 24.2. The van der Waals surface area contributed by atoms with Crippen molar-refractivity contribution in [2.75, 3.05) is 13.1 Å². The number of nitrogens with zero attached hydrogens (tertiary/aromatic N) is 1. The Morgan fingerprint density at radius 2 is 1.90 bits per heavy atom. The highest BCUT2D eigenvalue weighted by Crippen LogP contribution is 2.30. The zero-order chi connectivity index (χ0) is 15.8. The molecule has 0 saturated carbocycles. The van der Waals surface area contributed by atoms with Gasteiger partial charge >= 0.3 is 0 Å². The molecule has 0 spiro atoms. The fourth-order valence-electron chi connectivity index (χ4n) is 2.56. The molecule has 1 aromatic carbocycles. The van der Waals surface area contributed by atoms with E-state index in [1.54, 1.807) is 11.8 Å². The molecule has 0 aliphatic carbocycles. The van der Waals surface area contributed by atoms with E-state index in [0.29, 0.717) is 18.7 Å². The van der Waals surface area contributed by atoms with Crippen molar-refractivity contribution in [3.8, 4) is 0 Å². The lowest BCUT2D eigenvalue weighted by Gasteiger charge is -2.34. The van der Waals surface area contributed by atoms with Crippen molar-refractivity contribution in [3.63, 3.8) is 0 Å². The molecule has 1 aliphatic heterocycles. The van der Waals surface area contributed by atoms with Crippen LogP contribution in [0.15, 0.2) is 17.0 Å². The van der Waals surface area contributed by atoms with Gasteiger partial charge in [-0.1, -0.05) is 13.8 Å². The second-order valence-electron chi connectivity index (χ2n) is 5.48. The third-order valence-electron chi connectivity index (χ3n) is 3.60. The molecule has 4 nitrogen and oxygen atoms in total. The molecule has 1 fully saturated rings. The predicted octanol–water partition coefficient (Wildman–Crippen LogP) is 2.11. The van der Waals surface area contributed by atoms with Gasteiger partial charge in [0.25, 0.3) is 0 Å². The number of nitrogens with two attached hydrogens (primary N) is 1. The zero-order valence-corrected chi connectivity index (χ0v) is 14.1. The molecular formula is C14H21FN2O2S2. The van der Waals surface area contributed by atoms with Crippen LogP contribution in [0.1, 0.15) is 25.0 Å². The van der Waals surface area contributed by atoms with Crippen molar-refractivity contribution < 1.29 is 12.8 Å². The van der Waals surface area contributed by atoms with Crippen LogP contribution in [0.2, 0.25) is 0 Å². The van der Waals surface area contributed by atoms with E-state index >= 15 is 0 Å². The molecule has 1 saturated heterocycles. The number of halogens is 1. The van der Waals surface area contributed by atoms with Gasteiger partial charge in [-0.2, -0.15) is 16.1 Å². The average Bonchev–Trinajstić information content (AvgIpc) is 2.40. The molecule has 0 radical (unpaired) electrons. The first-order valence-corrected chi connectivity index (χ1v) is 9.28. The van der Waals surface area contributed by atoms with Gasteiger partial charge in [-0.15, -0.1) is 0 Å². The first kappa shape index (κ1) is 16.7. The van der Waals surface area contributed by atoms with Gasteiger partial charge < -0.3 is 5.73 Å². The number of sulfonamides is 1. The zero-order valence-electron chi connectivity index (χ0n) is 12.5. The molecule has 1 aliphatic rings. The second-order valence-corrected chi connectivity index (χ2v) is 9.27. The van der Waals surface area contributed by atoms with Crippen LogP contribution >= 0.6 is 11.8 Å². The Balaban J connectivity index is 2.46. The Bertz CT molecular complexity index is 624. The van der Waals surface area contributed by atoms with Crippen LogP contribution in [-0.4, -0.2) is 36.3 Å². The van der Waals surface area contributed by atoms with Gasteiger partial charge in [-0.05, 0) is 24.6 Å². The quantitative estimate of drug-likeness (QED) is 0.921. The van der Waals surface area contributed by atoms with Gasteiger partial charge in [0.15, 0.2) is 0 Å². The first-order chi connectivity index (χ1) is 9.75. The fraction of sp³-hybridized carbons (Fsp3) is 0.571. The Hall–Kier alpha value is -0.630. The minimum atomic E-state index is -3.69.